The number of carbonyl (C=O) groups is 1. The molecule has 8 heteroatoms. The fraction of sp³-hybridized carbons (Fsp3) is 0.429. The zero-order chi connectivity index (χ0) is 20.8. The first-order chi connectivity index (χ1) is 14.0. The molecule has 1 aromatic heterocycles. The minimum absolute atomic E-state index is 0.102. The first-order valence-electron chi connectivity index (χ1n) is 9.63. The number of halogens is 2. The van der Waals surface area contributed by atoms with E-state index >= 15 is 0 Å². The van der Waals surface area contributed by atoms with Crippen molar-refractivity contribution in [2.24, 2.45) is 0 Å². The van der Waals surface area contributed by atoms with E-state index in [9.17, 15) is 13.6 Å². The average molecular weight is 405 g/mol. The van der Waals surface area contributed by atoms with E-state index in [0.717, 1.165) is 24.2 Å². The van der Waals surface area contributed by atoms with Crippen molar-refractivity contribution in [3.8, 4) is 11.5 Å². The lowest BCUT2D eigenvalue weighted by Gasteiger charge is -2.40. The smallest absolute Gasteiger partial charge is 0.387 e. The number of pyridine rings is 1. The number of alkyl halides is 2. The number of hydrogen-bond acceptors (Lipinski definition) is 5. The van der Waals surface area contributed by atoms with E-state index in [-0.39, 0.29) is 17.7 Å². The van der Waals surface area contributed by atoms with Gasteiger partial charge in [0.05, 0.1) is 13.3 Å². The molecule has 6 nitrogen and oxygen atoms in total. The molecule has 0 bridgehead atoms. The van der Waals surface area contributed by atoms with Crippen molar-refractivity contribution in [2.45, 2.75) is 38.8 Å². The second-order valence-electron chi connectivity index (χ2n) is 6.76. The van der Waals surface area contributed by atoms with Gasteiger partial charge in [0.15, 0.2) is 0 Å². The monoisotopic (exact) mass is 405 g/mol. The van der Waals surface area contributed by atoms with Crippen molar-refractivity contribution in [1.82, 2.24) is 9.88 Å². The molecule has 1 aliphatic rings. The van der Waals surface area contributed by atoms with Crippen LogP contribution in [0.3, 0.4) is 0 Å². The summed E-state index contributed by atoms with van der Waals surface area (Å²) in [5.41, 5.74) is 1.61. The minimum atomic E-state index is -2.86. The molecule has 0 unspecified atom stereocenters. The van der Waals surface area contributed by atoms with Gasteiger partial charge in [-0.2, -0.15) is 8.78 Å². The topological polar surface area (TPSA) is 54.9 Å². The molecule has 1 saturated heterocycles. The normalized spacial score (nSPS) is 14.7. The highest BCUT2D eigenvalue weighted by Crippen LogP contribution is 2.38. The number of hydrogen-bond donors (Lipinski definition) is 0. The zero-order valence-electron chi connectivity index (χ0n) is 16.6. The van der Waals surface area contributed by atoms with Crippen molar-refractivity contribution in [3.05, 3.63) is 42.7 Å². The molecule has 29 heavy (non-hydrogen) atoms. The second kappa shape index (κ2) is 9.54. The van der Waals surface area contributed by atoms with Crippen LogP contribution >= 0.6 is 0 Å². The number of nitrogens with zero attached hydrogens (tertiary/aromatic N) is 3. The summed E-state index contributed by atoms with van der Waals surface area (Å²) in [7, 11) is 1.60. The number of methoxy groups -OCH3 is 1. The number of likely N-dealkylation sites (tertiary alicyclic amines) is 1. The Morgan fingerprint density at radius 1 is 1.24 bits per heavy atom. The molecular formula is C21H25F2N3O3. The average Bonchev–Trinajstić information content (AvgIpc) is 2.75. The van der Waals surface area contributed by atoms with Crippen molar-refractivity contribution in [2.75, 3.05) is 25.1 Å². The molecule has 0 aliphatic carbocycles. The Bertz CT molecular complexity index is 809. The number of aromatic nitrogens is 1. The second-order valence-corrected chi connectivity index (χ2v) is 6.76. The Labute approximate surface area is 169 Å². The third-order valence-electron chi connectivity index (χ3n) is 5.07. The number of carbonyl (C=O) groups excluding carboxylic acids is 1. The zero-order valence-corrected chi connectivity index (χ0v) is 16.6. The number of amides is 1. The van der Waals surface area contributed by atoms with Gasteiger partial charge in [0.2, 0.25) is 5.91 Å². The Morgan fingerprint density at radius 2 is 1.93 bits per heavy atom. The van der Waals surface area contributed by atoms with E-state index in [2.05, 4.69) is 14.6 Å². The number of ether oxygens (including phenoxy) is 2. The summed E-state index contributed by atoms with van der Waals surface area (Å²) in [4.78, 5) is 20.2. The van der Waals surface area contributed by atoms with E-state index in [4.69, 9.17) is 4.74 Å². The van der Waals surface area contributed by atoms with Crippen LogP contribution in [0.15, 0.2) is 42.7 Å². The van der Waals surface area contributed by atoms with Gasteiger partial charge >= 0.3 is 6.61 Å². The van der Waals surface area contributed by atoms with Crippen LogP contribution in [-0.2, 0) is 4.79 Å². The van der Waals surface area contributed by atoms with E-state index < -0.39 is 6.61 Å². The van der Waals surface area contributed by atoms with Crippen molar-refractivity contribution >= 4 is 17.3 Å². The molecule has 0 radical (unpaired) electrons. The van der Waals surface area contributed by atoms with E-state index in [1.54, 1.807) is 37.7 Å². The van der Waals surface area contributed by atoms with Crippen LogP contribution in [0.25, 0.3) is 0 Å². The molecule has 156 valence electrons. The van der Waals surface area contributed by atoms with Crippen LogP contribution in [-0.4, -0.2) is 48.6 Å². The molecule has 0 spiro atoms. The Hall–Kier alpha value is -2.90. The van der Waals surface area contributed by atoms with Crippen LogP contribution < -0.4 is 14.4 Å². The van der Waals surface area contributed by atoms with E-state index in [1.165, 1.54) is 12.1 Å². The van der Waals surface area contributed by atoms with Gasteiger partial charge in [-0.1, -0.05) is 6.92 Å². The predicted molar refractivity (Wildman–Crippen MR) is 106 cm³/mol. The number of anilines is 2. The van der Waals surface area contributed by atoms with Gasteiger partial charge in [0.1, 0.15) is 17.2 Å². The van der Waals surface area contributed by atoms with Gasteiger partial charge in [-0.05, 0) is 37.1 Å². The molecule has 0 atom stereocenters. The third kappa shape index (κ3) is 4.93. The number of piperidine rings is 1. The summed E-state index contributed by atoms with van der Waals surface area (Å²) >= 11 is 0. The van der Waals surface area contributed by atoms with Crippen LogP contribution in [0.4, 0.5) is 20.2 Å². The Morgan fingerprint density at radius 3 is 2.52 bits per heavy atom. The van der Waals surface area contributed by atoms with Gasteiger partial charge < -0.3 is 19.3 Å². The first kappa shape index (κ1) is 20.8. The van der Waals surface area contributed by atoms with Gasteiger partial charge in [0, 0.05) is 43.5 Å². The maximum atomic E-state index is 12.5. The van der Waals surface area contributed by atoms with Crippen molar-refractivity contribution < 1.29 is 23.0 Å². The van der Waals surface area contributed by atoms with Gasteiger partial charge in [-0.15, -0.1) is 0 Å². The number of benzene rings is 1. The maximum absolute atomic E-state index is 12.5. The molecule has 1 aliphatic heterocycles. The van der Waals surface area contributed by atoms with E-state index in [0.29, 0.717) is 25.3 Å². The standard InChI is InChI=1S/C21H25F2N3O3/c1-3-20(27)25-12-9-16(10-13-25)26(18-14-24-11-8-19(18)28-2)15-4-6-17(7-5-15)29-21(22)23/h4-8,11,14,16,21H,3,9-10,12-13H2,1-2H3. The minimum Gasteiger partial charge on any atom is -0.494 e. The van der Waals surface area contributed by atoms with Crippen molar-refractivity contribution in [1.29, 1.82) is 0 Å². The molecule has 3 rings (SSSR count). The molecule has 1 aromatic carbocycles. The highest BCUT2D eigenvalue weighted by atomic mass is 19.3. The highest BCUT2D eigenvalue weighted by Gasteiger charge is 2.29. The molecule has 2 heterocycles. The quantitative estimate of drug-likeness (QED) is 0.690. The summed E-state index contributed by atoms with van der Waals surface area (Å²) in [6, 6.07) is 8.42. The molecule has 0 N–H and O–H groups in total. The summed E-state index contributed by atoms with van der Waals surface area (Å²) in [6.45, 7) is 0.340. The molecule has 2 aromatic rings. The lowest BCUT2D eigenvalue weighted by molar-refractivity contribution is -0.131. The van der Waals surface area contributed by atoms with Gasteiger partial charge in [0.25, 0.3) is 0 Å². The van der Waals surface area contributed by atoms with Crippen LogP contribution in [0.1, 0.15) is 26.2 Å². The van der Waals surface area contributed by atoms with Gasteiger partial charge in [-0.25, -0.2) is 0 Å². The summed E-state index contributed by atoms with van der Waals surface area (Å²) in [5, 5.41) is 0. The van der Waals surface area contributed by atoms with Crippen LogP contribution in [0, 0.1) is 0 Å². The fourth-order valence-corrected chi connectivity index (χ4v) is 3.66. The highest BCUT2D eigenvalue weighted by molar-refractivity contribution is 5.76. The molecule has 1 amide bonds. The third-order valence-corrected chi connectivity index (χ3v) is 5.07. The predicted octanol–water partition coefficient (Wildman–Crippen LogP) is 4.23. The van der Waals surface area contributed by atoms with Crippen LogP contribution in [0.2, 0.25) is 0 Å². The Kier molecular flexibility index (Phi) is 6.85. The maximum Gasteiger partial charge on any atom is 0.387 e. The van der Waals surface area contributed by atoms with E-state index in [1.807, 2.05) is 11.8 Å². The fourth-order valence-electron chi connectivity index (χ4n) is 3.66. The van der Waals surface area contributed by atoms with Gasteiger partial charge in [-0.3, -0.25) is 9.78 Å². The van der Waals surface area contributed by atoms with Crippen LogP contribution in [0.5, 0.6) is 11.5 Å². The SMILES string of the molecule is CCC(=O)N1CCC(N(c2ccc(OC(F)F)cc2)c2cnccc2OC)CC1. The number of rotatable bonds is 7. The largest absolute Gasteiger partial charge is 0.494 e. The summed E-state index contributed by atoms with van der Waals surface area (Å²) in [6.07, 6.45) is 5.43. The Balaban J connectivity index is 1.90. The lowest BCUT2D eigenvalue weighted by atomic mass is 10.0. The summed E-state index contributed by atoms with van der Waals surface area (Å²) in [5.74, 6) is 0.924. The lowest BCUT2D eigenvalue weighted by Crippen LogP contribution is -2.45. The summed E-state index contributed by atoms with van der Waals surface area (Å²) < 4.78 is 34.9. The molecule has 1 fully saturated rings. The molecular weight excluding hydrogens is 380 g/mol. The molecule has 0 saturated carbocycles. The first-order valence-corrected chi connectivity index (χ1v) is 9.63. The van der Waals surface area contributed by atoms with Crippen molar-refractivity contribution in [3.63, 3.8) is 0 Å².